The number of nitrogens with zero attached hydrogens (tertiary/aromatic N) is 1. The van der Waals surface area contributed by atoms with E-state index in [1.807, 2.05) is 24.3 Å². The second kappa shape index (κ2) is 8.77. The lowest BCUT2D eigenvalue weighted by molar-refractivity contribution is -0.118. The second-order valence-corrected chi connectivity index (χ2v) is 7.50. The van der Waals surface area contributed by atoms with E-state index >= 15 is 0 Å². The SMILES string of the molecule is O=C(CSCC(=O)Nc1ccc(F)cc1)NCc1nc2ccccc2s1. The topological polar surface area (TPSA) is 71.1 Å². The molecule has 134 valence electrons. The van der Waals surface area contributed by atoms with Crippen molar-refractivity contribution in [3.8, 4) is 0 Å². The van der Waals surface area contributed by atoms with Crippen LogP contribution in [0.4, 0.5) is 10.1 Å². The number of rotatable bonds is 7. The molecule has 0 fully saturated rings. The molecular weight excluding hydrogens is 373 g/mol. The number of para-hydroxylation sites is 1. The number of nitrogens with one attached hydrogen (secondary N) is 2. The first kappa shape index (κ1) is 18.3. The summed E-state index contributed by atoms with van der Waals surface area (Å²) in [5.41, 5.74) is 1.45. The number of fused-ring (bicyclic) bond motifs is 1. The summed E-state index contributed by atoms with van der Waals surface area (Å²) in [6, 6.07) is 13.3. The molecule has 2 N–H and O–H groups in total. The van der Waals surface area contributed by atoms with Gasteiger partial charge in [-0.05, 0) is 36.4 Å². The van der Waals surface area contributed by atoms with E-state index in [9.17, 15) is 14.0 Å². The molecule has 0 aliphatic carbocycles. The lowest BCUT2D eigenvalue weighted by atomic mass is 10.3. The number of halogens is 1. The Labute approximate surface area is 158 Å². The molecule has 1 aromatic heterocycles. The van der Waals surface area contributed by atoms with E-state index in [1.54, 1.807) is 11.3 Å². The first-order chi connectivity index (χ1) is 12.6. The van der Waals surface area contributed by atoms with Crippen molar-refractivity contribution in [1.82, 2.24) is 10.3 Å². The minimum absolute atomic E-state index is 0.145. The summed E-state index contributed by atoms with van der Waals surface area (Å²) in [4.78, 5) is 28.1. The molecule has 2 amide bonds. The summed E-state index contributed by atoms with van der Waals surface area (Å²) < 4.78 is 13.9. The zero-order valence-corrected chi connectivity index (χ0v) is 15.3. The van der Waals surface area contributed by atoms with Gasteiger partial charge in [-0.25, -0.2) is 9.37 Å². The van der Waals surface area contributed by atoms with E-state index in [1.165, 1.54) is 36.0 Å². The number of carbonyl (C=O) groups is 2. The smallest absolute Gasteiger partial charge is 0.234 e. The molecule has 0 spiro atoms. The highest BCUT2D eigenvalue weighted by Crippen LogP contribution is 2.21. The van der Waals surface area contributed by atoms with Crippen molar-refractivity contribution >= 4 is 50.8 Å². The first-order valence-electron chi connectivity index (χ1n) is 7.84. The monoisotopic (exact) mass is 389 g/mol. The molecule has 1 heterocycles. The summed E-state index contributed by atoms with van der Waals surface area (Å²) >= 11 is 2.76. The summed E-state index contributed by atoms with van der Waals surface area (Å²) in [5, 5.41) is 6.30. The van der Waals surface area contributed by atoms with Crippen molar-refractivity contribution in [3.63, 3.8) is 0 Å². The number of carbonyl (C=O) groups excluding carboxylic acids is 2. The summed E-state index contributed by atoms with van der Waals surface area (Å²) in [6.45, 7) is 0.376. The van der Waals surface area contributed by atoms with Crippen molar-refractivity contribution < 1.29 is 14.0 Å². The van der Waals surface area contributed by atoms with E-state index < -0.39 is 0 Å². The minimum atomic E-state index is -0.359. The fourth-order valence-corrected chi connectivity index (χ4v) is 3.74. The lowest BCUT2D eigenvalue weighted by Gasteiger charge is -2.05. The molecule has 8 heteroatoms. The van der Waals surface area contributed by atoms with Crippen molar-refractivity contribution in [1.29, 1.82) is 0 Å². The average Bonchev–Trinajstić information content (AvgIpc) is 3.05. The van der Waals surface area contributed by atoms with Crippen LogP contribution >= 0.6 is 23.1 Å². The maximum atomic E-state index is 12.8. The molecular formula is C18H16FN3O2S2. The number of benzene rings is 2. The zero-order valence-electron chi connectivity index (χ0n) is 13.7. The average molecular weight is 389 g/mol. The lowest BCUT2D eigenvalue weighted by Crippen LogP contribution is -2.25. The number of anilines is 1. The van der Waals surface area contributed by atoms with Crippen molar-refractivity contribution in [3.05, 3.63) is 59.4 Å². The van der Waals surface area contributed by atoms with Crippen LogP contribution in [-0.2, 0) is 16.1 Å². The highest BCUT2D eigenvalue weighted by atomic mass is 32.2. The minimum Gasteiger partial charge on any atom is -0.349 e. The van der Waals surface area contributed by atoms with Gasteiger partial charge < -0.3 is 10.6 Å². The number of thioether (sulfide) groups is 1. The van der Waals surface area contributed by atoms with Crippen LogP contribution in [0.25, 0.3) is 10.2 Å². The van der Waals surface area contributed by atoms with Crippen LogP contribution < -0.4 is 10.6 Å². The quantitative estimate of drug-likeness (QED) is 0.650. The fraction of sp³-hybridized carbons (Fsp3) is 0.167. The molecule has 5 nitrogen and oxygen atoms in total. The van der Waals surface area contributed by atoms with E-state index in [0.29, 0.717) is 12.2 Å². The van der Waals surface area contributed by atoms with Crippen LogP contribution in [0.15, 0.2) is 48.5 Å². The second-order valence-electron chi connectivity index (χ2n) is 5.40. The zero-order chi connectivity index (χ0) is 18.4. The molecule has 0 saturated carbocycles. The van der Waals surface area contributed by atoms with E-state index in [2.05, 4.69) is 15.6 Å². The normalized spacial score (nSPS) is 10.7. The van der Waals surface area contributed by atoms with E-state index in [4.69, 9.17) is 0 Å². The Balaban J connectivity index is 1.37. The Morgan fingerprint density at radius 2 is 1.77 bits per heavy atom. The molecule has 0 bridgehead atoms. The van der Waals surface area contributed by atoms with Gasteiger partial charge in [0.05, 0.1) is 28.3 Å². The van der Waals surface area contributed by atoms with E-state index in [0.717, 1.165) is 15.2 Å². The third-order valence-corrected chi connectivity index (χ3v) is 5.34. The maximum absolute atomic E-state index is 12.8. The summed E-state index contributed by atoms with van der Waals surface area (Å²) in [5.74, 6) is -0.417. The Hall–Kier alpha value is -2.45. The molecule has 3 aromatic rings. The van der Waals surface area contributed by atoms with Crippen molar-refractivity contribution in [2.75, 3.05) is 16.8 Å². The molecule has 0 atom stereocenters. The molecule has 0 unspecified atom stereocenters. The number of hydrogen-bond acceptors (Lipinski definition) is 5. The van der Waals surface area contributed by atoms with Gasteiger partial charge >= 0.3 is 0 Å². The maximum Gasteiger partial charge on any atom is 0.234 e. The van der Waals surface area contributed by atoms with Gasteiger partial charge in [-0.15, -0.1) is 23.1 Å². The Kier molecular flexibility index (Phi) is 6.19. The summed E-state index contributed by atoms with van der Waals surface area (Å²) in [7, 11) is 0. The van der Waals surface area contributed by atoms with Gasteiger partial charge in [0.25, 0.3) is 0 Å². The van der Waals surface area contributed by atoms with Gasteiger partial charge in [-0.1, -0.05) is 12.1 Å². The highest BCUT2D eigenvalue weighted by molar-refractivity contribution is 8.00. The van der Waals surface area contributed by atoms with Crippen LogP contribution in [0.2, 0.25) is 0 Å². The van der Waals surface area contributed by atoms with Crippen LogP contribution in [0, 0.1) is 5.82 Å². The van der Waals surface area contributed by atoms with Crippen molar-refractivity contribution in [2.45, 2.75) is 6.54 Å². The Morgan fingerprint density at radius 1 is 1.04 bits per heavy atom. The van der Waals surface area contributed by atoms with Gasteiger partial charge in [-0.2, -0.15) is 0 Å². The molecule has 0 radical (unpaired) electrons. The van der Waals surface area contributed by atoms with Gasteiger partial charge in [0, 0.05) is 5.69 Å². The number of amides is 2. The van der Waals surface area contributed by atoms with Gasteiger partial charge in [-0.3, -0.25) is 9.59 Å². The fourth-order valence-electron chi connectivity index (χ4n) is 2.19. The third-order valence-electron chi connectivity index (χ3n) is 3.37. The van der Waals surface area contributed by atoms with E-state index in [-0.39, 0.29) is 29.1 Å². The summed E-state index contributed by atoms with van der Waals surface area (Å²) in [6.07, 6.45) is 0. The van der Waals surface area contributed by atoms with Crippen LogP contribution in [-0.4, -0.2) is 28.3 Å². The molecule has 26 heavy (non-hydrogen) atoms. The number of hydrogen-bond donors (Lipinski definition) is 2. The largest absolute Gasteiger partial charge is 0.349 e. The number of thiazole rings is 1. The van der Waals surface area contributed by atoms with Crippen LogP contribution in [0.1, 0.15) is 5.01 Å². The standard InChI is InChI=1S/C18H16FN3O2S2/c19-12-5-7-13(8-6-12)21-17(24)11-25-10-16(23)20-9-18-22-14-3-1-2-4-15(14)26-18/h1-8H,9-11H2,(H,20,23)(H,21,24). The number of aromatic nitrogens is 1. The molecule has 0 saturated heterocycles. The van der Waals surface area contributed by atoms with Crippen molar-refractivity contribution in [2.24, 2.45) is 0 Å². The third kappa shape index (κ3) is 5.27. The van der Waals surface area contributed by atoms with Gasteiger partial charge in [0.2, 0.25) is 11.8 Å². The van der Waals surface area contributed by atoms with Crippen LogP contribution in [0.3, 0.4) is 0 Å². The van der Waals surface area contributed by atoms with Gasteiger partial charge in [0.1, 0.15) is 10.8 Å². The Morgan fingerprint density at radius 3 is 2.54 bits per heavy atom. The first-order valence-corrected chi connectivity index (χ1v) is 9.81. The van der Waals surface area contributed by atoms with Crippen LogP contribution in [0.5, 0.6) is 0 Å². The molecule has 0 aliphatic heterocycles. The predicted octanol–water partition coefficient (Wildman–Crippen LogP) is 3.42. The molecule has 0 aliphatic rings. The molecule has 3 rings (SSSR count). The predicted molar refractivity (Wildman–Crippen MR) is 104 cm³/mol. The highest BCUT2D eigenvalue weighted by Gasteiger charge is 2.08. The molecule has 2 aromatic carbocycles. The van der Waals surface area contributed by atoms with Gasteiger partial charge in [0.15, 0.2) is 0 Å². The Bertz CT molecular complexity index is 879.